The van der Waals surface area contributed by atoms with Gasteiger partial charge in [-0.2, -0.15) is 0 Å². The molecule has 7 nitrogen and oxygen atoms in total. The van der Waals surface area contributed by atoms with Gasteiger partial charge in [-0.1, -0.05) is 42.6 Å². The number of carbonyl (C=O) groups excluding carboxylic acids is 3. The van der Waals surface area contributed by atoms with E-state index in [4.69, 9.17) is 11.6 Å². The molecule has 2 fully saturated rings. The van der Waals surface area contributed by atoms with Crippen LogP contribution in [0.15, 0.2) is 24.3 Å². The summed E-state index contributed by atoms with van der Waals surface area (Å²) < 4.78 is 0. The normalized spacial score (nSPS) is 18.1. The molecule has 1 aromatic rings. The molecule has 146 valence electrons. The molecule has 1 spiro atoms. The largest absolute Gasteiger partial charge is 0.338 e. The first-order chi connectivity index (χ1) is 12.9. The van der Waals surface area contributed by atoms with Gasteiger partial charge in [0.05, 0.1) is 0 Å². The van der Waals surface area contributed by atoms with Crippen molar-refractivity contribution in [3.63, 3.8) is 0 Å². The minimum Gasteiger partial charge on any atom is -0.338 e. The highest BCUT2D eigenvalue weighted by atomic mass is 35.5. The number of nitrogens with one attached hydrogen (secondary N) is 2. The standard InChI is InChI=1S/C19H25ClN4O3/c1-23(13-14-7-2-3-8-15(14)20)17(26)21-11-6-12-24-16(25)19(22-18(24)27)9-4-5-10-19/h2-3,7-8H,4-6,9-13H2,1H3,(H,21,26)(H,22,27). The summed E-state index contributed by atoms with van der Waals surface area (Å²) >= 11 is 6.12. The van der Waals surface area contributed by atoms with Gasteiger partial charge >= 0.3 is 12.1 Å². The van der Waals surface area contributed by atoms with Gasteiger partial charge in [-0.3, -0.25) is 9.69 Å². The molecule has 0 atom stereocenters. The fourth-order valence-electron chi connectivity index (χ4n) is 3.72. The Morgan fingerprint density at radius 3 is 2.70 bits per heavy atom. The number of hydrogen-bond acceptors (Lipinski definition) is 3. The molecular formula is C19H25ClN4O3. The molecule has 1 aromatic carbocycles. The molecule has 2 N–H and O–H groups in total. The number of hydrogen-bond donors (Lipinski definition) is 2. The Bertz CT molecular complexity index is 733. The smallest absolute Gasteiger partial charge is 0.325 e. The summed E-state index contributed by atoms with van der Waals surface area (Å²) in [5.41, 5.74) is 0.202. The Balaban J connectivity index is 1.42. The quantitative estimate of drug-likeness (QED) is 0.577. The minimum atomic E-state index is -0.671. The Hall–Kier alpha value is -2.28. The summed E-state index contributed by atoms with van der Waals surface area (Å²) in [6.45, 7) is 1.09. The topological polar surface area (TPSA) is 81.8 Å². The summed E-state index contributed by atoms with van der Waals surface area (Å²) in [6.07, 6.45) is 3.89. The van der Waals surface area contributed by atoms with Gasteiger partial charge in [0.25, 0.3) is 5.91 Å². The molecule has 1 saturated heterocycles. The lowest BCUT2D eigenvalue weighted by Gasteiger charge is -2.20. The Kier molecular flexibility index (Phi) is 5.89. The molecule has 8 heteroatoms. The van der Waals surface area contributed by atoms with Crippen molar-refractivity contribution in [2.45, 2.75) is 44.2 Å². The number of nitrogens with zero attached hydrogens (tertiary/aromatic N) is 2. The lowest BCUT2D eigenvalue weighted by molar-refractivity contribution is -0.131. The first-order valence-electron chi connectivity index (χ1n) is 9.29. The van der Waals surface area contributed by atoms with E-state index >= 15 is 0 Å². The summed E-state index contributed by atoms with van der Waals surface area (Å²) in [6, 6.07) is 6.85. The monoisotopic (exact) mass is 392 g/mol. The third-order valence-corrected chi connectivity index (χ3v) is 5.62. The van der Waals surface area contributed by atoms with Gasteiger partial charge < -0.3 is 15.5 Å². The van der Waals surface area contributed by atoms with Crippen LogP contribution in [0.2, 0.25) is 5.02 Å². The zero-order valence-electron chi connectivity index (χ0n) is 15.5. The van der Waals surface area contributed by atoms with Crippen LogP contribution in [0, 0.1) is 0 Å². The van der Waals surface area contributed by atoms with E-state index in [1.807, 2.05) is 18.2 Å². The average Bonchev–Trinajstić information content (AvgIpc) is 3.20. The number of imide groups is 1. The molecule has 5 amide bonds. The predicted octanol–water partition coefficient (Wildman–Crippen LogP) is 2.74. The van der Waals surface area contributed by atoms with Crippen LogP contribution in [0.25, 0.3) is 0 Å². The van der Waals surface area contributed by atoms with Crippen LogP contribution in [0.5, 0.6) is 0 Å². The van der Waals surface area contributed by atoms with E-state index in [9.17, 15) is 14.4 Å². The Morgan fingerprint density at radius 2 is 2.00 bits per heavy atom. The second kappa shape index (κ2) is 8.17. The molecule has 1 aliphatic carbocycles. The van der Waals surface area contributed by atoms with Crippen LogP contribution < -0.4 is 10.6 Å². The second-order valence-corrected chi connectivity index (χ2v) is 7.62. The lowest BCUT2D eigenvalue weighted by Crippen LogP contribution is -2.44. The van der Waals surface area contributed by atoms with Gasteiger partial charge in [-0.15, -0.1) is 0 Å². The van der Waals surface area contributed by atoms with Gasteiger partial charge in [-0.25, -0.2) is 9.59 Å². The van der Waals surface area contributed by atoms with Crippen molar-refractivity contribution in [2.75, 3.05) is 20.1 Å². The number of urea groups is 2. The second-order valence-electron chi connectivity index (χ2n) is 7.21. The van der Waals surface area contributed by atoms with Gasteiger partial charge in [-0.05, 0) is 30.9 Å². The van der Waals surface area contributed by atoms with E-state index in [0.717, 1.165) is 31.2 Å². The van der Waals surface area contributed by atoms with Gasteiger partial charge in [0.2, 0.25) is 0 Å². The Morgan fingerprint density at radius 1 is 1.30 bits per heavy atom. The van der Waals surface area contributed by atoms with Crippen molar-refractivity contribution < 1.29 is 14.4 Å². The van der Waals surface area contributed by atoms with Gasteiger partial charge in [0, 0.05) is 31.7 Å². The fraction of sp³-hybridized carbons (Fsp3) is 0.526. The van der Waals surface area contributed by atoms with E-state index < -0.39 is 5.54 Å². The van der Waals surface area contributed by atoms with Crippen LogP contribution in [-0.4, -0.2) is 53.4 Å². The first-order valence-corrected chi connectivity index (χ1v) is 9.67. The van der Waals surface area contributed by atoms with E-state index in [-0.39, 0.29) is 18.0 Å². The highest BCUT2D eigenvalue weighted by Gasteiger charge is 2.51. The van der Waals surface area contributed by atoms with Crippen LogP contribution in [0.4, 0.5) is 9.59 Å². The van der Waals surface area contributed by atoms with Crippen molar-refractivity contribution in [2.24, 2.45) is 0 Å². The highest BCUT2D eigenvalue weighted by Crippen LogP contribution is 2.34. The maximum atomic E-state index is 12.5. The molecule has 0 aromatic heterocycles. The zero-order valence-corrected chi connectivity index (χ0v) is 16.2. The molecule has 2 aliphatic rings. The van der Waals surface area contributed by atoms with Gasteiger partial charge in [0.15, 0.2) is 0 Å². The van der Waals surface area contributed by atoms with Gasteiger partial charge in [0.1, 0.15) is 5.54 Å². The summed E-state index contributed by atoms with van der Waals surface area (Å²) in [5.74, 6) is -0.118. The molecule has 0 bridgehead atoms. The van der Waals surface area contributed by atoms with Crippen molar-refractivity contribution >= 4 is 29.6 Å². The van der Waals surface area contributed by atoms with Crippen molar-refractivity contribution in [3.05, 3.63) is 34.9 Å². The van der Waals surface area contributed by atoms with E-state index in [1.165, 1.54) is 4.90 Å². The number of rotatable bonds is 6. The molecule has 0 radical (unpaired) electrons. The molecule has 3 rings (SSSR count). The van der Waals surface area contributed by atoms with Crippen molar-refractivity contribution in [1.29, 1.82) is 0 Å². The van der Waals surface area contributed by atoms with E-state index in [2.05, 4.69) is 10.6 Å². The SMILES string of the molecule is CN(Cc1ccccc1Cl)C(=O)NCCCN1C(=O)NC2(CCCC2)C1=O. The van der Waals surface area contributed by atoms with Crippen LogP contribution >= 0.6 is 11.6 Å². The maximum Gasteiger partial charge on any atom is 0.325 e. The van der Waals surface area contributed by atoms with E-state index in [1.54, 1.807) is 18.0 Å². The number of halogens is 1. The third-order valence-electron chi connectivity index (χ3n) is 5.25. The summed E-state index contributed by atoms with van der Waals surface area (Å²) in [7, 11) is 1.69. The highest BCUT2D eigenvalue weighted by molar-refractivity contribution is 6.31. The number of carbonyl (C=O) groups is 3. The van der Waals surface area contributed by atoms with Crippen molar-refractivity contribution in [3.8, 4) is 0 Å². The molecule has 1 heterocycles. The minimum absolute atomic E-state index is 0.118. The molecule has 27 heavy (non-hydrogen) atoms. The van der Waals surface area contributed by atoms with Crippen molar-refractivity contribution in [1.82, 2.24) is 20.4 Å². The fourth-order valence-corrected chi connectivity index (χ4v) is 3.91. The van der Waals surface area contributed by atoms with Crippen LogP contribution in [-0.2, 0) is 11.3 Å². The van der Waals surface area contributed by atoms with Crippen LogP contribution in [0.1, 0.15) is 37.7 Å². The maximum absolute atomic E-state index is 12.5. The molecular weight excluding hydrogens is 368 g/mol. The summed E-state index contributed by atoms with van der Waals surface area (Å²) in [4.78, 5) is 39.7. The average molecular weight is 393 g/mol. The number of benzene rings is 1. The van der Waals surface area contributed by atoms with Crippen LogP contribution in [0.3, 0.4) is 0 Å². The van der Waals surface area contributed by atoms with E-state index in [0.29, 0.717) is 31.1 Å². The number of amides is 5. The predicted molar refractivity (Wildman–Crippen MR) is 102 cm³/mol. The lowest BCUT2D eigenvalue weighted by atomic mass is 9.98. The molecule has 1 aliphatic heterocycles. The third kappa shape index (κ3) is 4.18. The molecule has 0 unspecified atom stereocenters. The summed E-state index contributed by atoms with van der Waals surface area (Å²) in [5, 5.41) is 6.29. The molecule has 1 saturated carbocycles. The Labute approximate surface area is 164 Å². The zero-order chi connectivity index (χ0) is 19.4. The first kappa shape index (κ1) is 19.5.